The molecule has 1 aliphatic heterocycles. The number of nitrogens with zero attached hydrogens (tertiary/aromatic N) is 2. The first-order valence-electron chi connectivity index (χ1n) is 7.92. The second-order valence-corrected chi connectivity index (χ2v) is 5.88. The van der Waals surface area contributed by atoms with Crippen molar-refractivity contribution in [2.24, 2.45) is 5.92 Å². The molecule has 23 heavy (non-hydrogen) atoms. The van der Waals surface area contributed by atoms with Crippen LogP contribution in [-0.4, -0.2) is 47.9 Å². The molecule has 0 spiro atoms. The van der Waals surface area contributed by atoms with Gasteiger partial charge in [-0.15, -0.1) is 6.58 Å². The van der Waals surface area contributed by atoms with Gasteiger partial charge in [-0.05, 0) is 37.9 Å². The van der Waals surface area contributed by atoms with Gasteiger partial charge in [-0.3, -0.25) is 14.5 Å². The van der Waals surface area contributed by atoms with Gasteiger partial charge in [-0.25, -0.2) is 4.98 Å². The van der Waals surface area contributed by atoms with Crippen LogP contribution in [0, 0.1) is 12.8 Å². The highest BCUT2D eigenvalue weighted by Gasteiger charge is 2.26. The minimum Gasteiger partial charge on any atom is -0.352 e. The first-order valence-corrected chi connectivity index (χ1v) is 7.92. The third-order valence-electron chi connectivity index (χ3n) is 3.85. The summed E-state index contributed by atoms with van der Waals surface area (Å²) in [5, 5.41) is 5.62. The number of carbonyl (C=O) groups is 2. The molecular weight excluding hydrogens is 292 g/mol. The van der Waals surface area contributed by atoms with Crippen LogP contribution in [0.1, 0.15) is 18.4 Å². The predicted octanol–water partition coefficient (Wildman–Crippen LogP) is 1.34. The number of likely N-dealkylation sites (tertiary alicyclic amines) is 1. The molecule has 1 aliphatic rings. The Labute approximate surface area is 137 Å². The number of piperidine rings is 1. The summed E-state index contributed by atoms with van der Waals surface area (Å²) >= 11 is 0. The van der Waals surface area contributed by atoms with Crippen LogP contribution in [0.3, 0.4) is 0 Å². The van der Waals surface area contributed by atoms with Gasteiger partial charge in [-0.2, -0.15) is 0 Å². The van der Waals surface area contributed by atoms with E-state index in [1.54, 1.807) is 18.3 Å². The lowest BCUT2D eigenvalue weighted by Gasteiger charge is -2.31. The lowest BCUT2D eigenvalue weighted by Crippen LogP contribution is -2.45. The summed E-state index contributed by atoms with van der Waals surface area (Å²) in [5.41, 5.74) is 1.05. The summed E-state index contributed by atoms with van der Waals surface area (Å²) in [4.78, 5) is 30.3. The van der Waals surface area contributed by atoms with Crippen molar-refractivity contribution in [1.29, 1.82) is 0 Å². The van der Waals surface area contributed by atoms with E-state index >= 15 is 0 Å². The molecule has 2 N–H and O–H groups in total. The van der Waals surface area contributed by atoms with E-state index < -0.39 is 0 Å². The summed E-state index contributed by atoms with van der Waals surface area (Å²) in [6.45, 7) is 7.75. The van der Waals surface area contributed by atoms with Crippen molar-refractivity contribution in [3.05, 3.63) is 36.5 Å². The molecule has 6 heteroatoms. The monoisotopic (exact) mass is 316 g/mol. The lowest BCUT2D eigenvalue weighted by molar-refractivity contribution is -0.125. The van der Waals surface area contributed by atoms with Gasteiger partial charge in [0.15, 0.2) is 0 Å². The Kier molecular flexibility index (Phi) is 6.29. The standard InChI is InChI=1S/C17H24N4O2/c1-3-8-18-16(22)12-21-9-4-5-14(11-21)17(23)20-15-7-6-13(2)10-19-15/h3,6-7,10,14H,1,4-5,8-9,11-12H2,2H3,(H,18,22)(H,19,20,23)/t14-/m1/s1. The van der Waals surface area contributed by atoms with E-state index in [0.717, 1.165) is 24.9 Å². The Hall–Kier alpha value is -2.21. The molecule has 0 radical (unpaired) electrons. The normalized spacial score (nSPS) is 18.2. The molecule has 0 bridgehead atoms. The number of aromatic nitrogens is 1. The maximum absolute atomic E-state index is 12.4. The minimum atomic E-state index is -0.112. The third-order valence-corrected chi connectivity index (χ3v) is 3.85. The van der Waals surface area contributed by atoms with E-state index in [1.165, 1.54) is 0 Å². The van der Waals surface area contributed by atoms with E-state index in [-0.39, 0.29) is 17.7 Å². The fraction of sp³-hybridized carbons (Fsp3) is 0.471. The van der Waals surface area contributed by atoms with Crippen LogP contribution in [-0.2, 0) is 9.59 Å². The smallest absolute Gasteiger partial charge is 0.234 e. The van der Waals surface area contributed by atoms with Crippen molar-refractivity contribution < 1.29 is 9.59 Å². The van der Waals surface area contributed by atoms with Crippen LogP contribution >= 0.6 is 0 Å². The zero-order valence-electron chi connectivity index (χ0n) is 13.5. The topological polar surface area (TPSA) is 74.3 Å². The van der Waals surface area contributed by atoms with Crippen LogP contribution in [0.25, 0.3) is 0 Å². The number of aryl methyl sites for hydroxylation is 1. The molecular formula is C17H24N4O2. The number of rotatable bonds is 6. The summed E-state index contributed by atoms with van der Waals surface area (Å²) < 4.78 is 0. The molecule has 0 saturated carbocycles. The molecule has 6 nitrogen and oxygen atoms in total. The van der Waals surface area contributed by atoms with Gasteiger partial charge < -0.3 is 10.6 Å². The quantitative estimate of drug-likeness (QED) is 0.777. The Bertz CT molecular complexity index is 556. The van der Waals surface area contributed by atoms with Crippen molar-refractivity contribution in [2.45, 2.75) is 19.8 Å². The fourth-order valence-corrected chi connectivity index (χ4v) is 2.63. The van der Waals surface area contributed by atoms with Crippen LogP contribution < -0.4 is 10.6 Å². The highest BCUT2D eigenvalue weighted by atomic mass is 16.2. The number of pyridine rings is 1. The molecule has 124 valence electrons. The summed E-state index contributed by atoms with van der Waals surface area (Å²) in [7, 11) is 0. The number of hydrogen-bond acceptors (Lipinski definition) is 4. The summed E-state index contributed by atoms with van der Waals surface area (Å²) in [6.07, 6.45) is 5.13. The molecule has 0 unspecified atom stereocenters. The molecule has 1 atom stereocenters. The first kappa shape index (κ1) is 17.1. The Morgan fingerprint density at radius 2 is 2.30 bits per heavy atom. The molecule has 1 fully saturated rings. The zero-order chi connectivity index (χ0) is 16.7. The van der Waals surface area contributed by atoms with Crippen LogP contribution in [0.5, 0.6) is 0 Å². The van der Waals surface area contributed by atoms with Crippen molar-refractivity contribution in [3.8, 4) is 0 Å². The number of hydrogen-bond donors (Lipinski definition) is 2. The van der Waals surface area contributed by atoms with E-state index in [0.29, 0.717) is 25.5 Å². The molecule has 0 aliphatic carbocycles. The number of nitrogens with one attached hydrogen (secondary N) is 2. The van der Waals surface area contributed by atoms with Gasteiger partial charge in [0.25, 0.3) is 0 Å². The Morgan fingerprint density at radius 1 is 1.48 bits per heavy atom. The van der Waals surface area contributed by atoms with Gasteiger partial charge in [0.05, 0.1) is 12.5 Å². The average Bonchev–Trinajstić information content (AvgIpc) is 2.55. The van der Waals surface area contributed by atoms with Crippen molar-refractivity contribution in [2.75, 3.05) is 31.5 Å². The third kappa shape index (κ3) is 5.49. The predicted molar refractivity (Wildman–Crippen MR) is 90.0 cm³/mol. The van der Waals surface area contributed by atoms with Gasteiger partial charge in [0, 0.05) is 19.3 Å². The largest absolute Gasteiger partial charge is 0.352 e. The van der Waals surface area contributed by atoms with E-state index in [2.05, 4.69) is 22.2 Å². The Balaban J connectivity index is 1.84. The lowest BCUT2D eigenvalue weighted by atomic mass is 9.97. The van der Waals surface area contributed by atoms with Crippen LogP contribution in [0.2, 0.25) is 0 Å². The first-order chi connectivity index (χ1) is 11.1. The average molecular weight is 316 g/mol. The highest BCUT2D eigenvalue weighted by molar-refractivity contribution is 5.92. The molecule has 2 amide bonds. The minimum absolute atomic E-state index is 0.0300. The molecule has 2 rings (SSSR count). The van der Waals surface area contributed by atoms with Gasteiger partial charge in [-0.1, -0.05) is 12.1 Å². The molecule has 1 aromatic heterocycles. The van der Waals surface area contributed by atoms with Gasteiger partial charge in [0.2, 0.25) is 11.8 Å². The van der Waals surface area contributed by atoms with Crippen LogP contribution in [0.4, 0.5) is 5.82 Å². The molecule has 1 saturated heterocycles. The molecule has 1 aromatic rings. The van der Waals surface area contributed by atoms with E-state index in [9.17, 15) is 9.59 Å². The van der Waals surface area contributed by atoms with E-state index in [1.807, 2.05) is 17.9 Å². The number of anilines is 1. The number of amides is 2. The SMILES string of the molecule is C=CCNC(=O)CN1CCC[C@@H](C(=O)Nc2ccc(C)cn2)C1. The van der Waals surface area contributed by atoms with Crippen molar-refractivity contribution in [3.63, 3.8) is 0 Å². The highest BCUT2D eigenvalue weighted by Crippen LogP contribution is 2.18. The fourth-order valence-electron chi connectivity index (χ4n) is 2.63. The van der Waals surface area contributed by atoms with Gasteiger partial charge >= 0.3 is 0 Å². The van der Waals surface area contributed by atoms with Crippen molar-refractivity contribution in [1.82, 2.24) is 15.2 Å². The molecule has 2 heterocycles. The van der Waals surface area contributed by atoms with E-state index in [4.69, 9.17) is 0 Å². The number of carbonyl (C=O) groups excluding carboxylic acids is 2. The summed E-state index contributed by atoms with van der Waals surface area (Å²) in [6, 6.07) is 3.72. The maximum atomic E-state index is 12.4. The van der Waals surface area contributed by atoms with Crippen molar-refractivity contribution >= 4 is 17.6 Å². The van der Waals surface area contributed by atoms with Gasteiger partial charge in [0.1, 0.15) is 5.82 Å². The maximum Gasteiger partial charge on any atom is 0.234 e. The summed E-state index contributed by atoms with van der Waals surface area (Å²) in [5.74, 6) is 0.393. The second-order valence-electron chi connectivity index (χ2n) is 5.88. The second kappa shape index (κ2) is 8.43. The molecule has 0 aromatic carbocycles. The van der Waals surface area contributed by atoms with Crippen LogP contribution in [0.15, 0.2) is 31.0 Å². The Morgan fingerprint density at radius 3 is 3.00 bits per heavy atom. The zero-order valence-corrected chi connectivity index (χ0v) is 13.5.